The molecule has 0 aromatic heterocycles. The molecule has 0 spiro atoms. The first kappa shape index (κ1) is 67.4. The number of rotatable bonds is 33. The number of amides is 1. The van der Waals surface area contributed by atoms with Crippen LogP contribution in [0.5, 0.6) is 0 Å². The Hall–Kier alpha value is -1.37. The highest BCUT2D eigenvalue weighted by atomic mass is 16.8. The smallest absolute Gasteiger partial charge is 0.219 e. The van der Waals surface area contributed by atoms with Crippen molar-refractivity contribution in [2.75, 3.05) is 110 Å². The lowest BCUT2D eigenvalue weighted by Gasteiger charge is -2.52. The maximum atomic E-state index is 11.3. The van der Waals surface area contributed by atoms with Crippen LogP contribution in [0.4, 0.5) is 0 Å². The van der Waals surface area contributed by atoms with Gasteiger partial charge in [-0.3, -0.25) is 4.79 Å². The molecule has 5 aliphatic rings. The molecule has 1 N–H and O–H groups in total. The van der Waals surface area contributed by atoms with Crippen molar-refractivity contribution < 1.29 is 104 Å². The average Bonchev–Trinajstić information content (AvgIpc) is 3.47. The van der Waals surface area contributed by atoms with E-state index >= 15 is 0 Å². The molecule has 25 atom stereocenters. The van der Waals surface area contributed by atoms with Gasteiger partial charge in [-0.25, -0.2) is 0 Å². The molecule has 458 valence electrons. The average molecular weight is 1130 g/mol. The Morgan fingerprint density at radius 2 is 0.744 bits per heavy atom. The molecule has 0 aromatic rings. The standard InChI is InChI=1S/C55H101NO22/c1-18-35-39(30(5)31(6)52(73-35)76-41-33(8)71-54(49(63-15)45(41)59-11)78-44-37(20-3)72-51(65-17)32(7)40(44)58-10)75-53-48(62-14)46(60-12)42(34(9)70-53)77-55-50(64-16)47(61-13)43(36(19-2)74-55)69-29-28-68-27-26-67-25-24-66-23-22-56-38(57)21-4/h30-37,39-55H,18-29H2,1-17H3,(H,56,57)/t30-,31-,32-,33+,34-,35-,36-,37-,39+,40-,41-,42-,43-,44-,45+,46+,47+,48-,49-,50-,51+,52-,53+,54+,55-/m1/s1. The summed E-state index contributed by atoms with van der Waals surface area (Å²) in [5.41, 5.74) is 0. The fourth-order valence-electron chi connectivity index (χ4n) is 11.5. The lowest BCUT2D eigenvalue weighted by atomic mass is 9.83. The van der Waals surface area contributed by atoms with Crippen molar-refractivity contribution in [3.05, 3.63) is 0 Å². The summed E-state index contributed by atoms with van der Waals surface area (Å²) < 4.78 is 132. The second kappa shape index (κ2) is 34.4. The third-order valence-electron chi connectivity index (χ3n) is 16.1. The zero-order valence-corrected chi connectivity index (χ0v) is 49.9. The first-order valence-electron chi connectivity index (χ1n) is 28.4. The summed E-state index contributed by atoms with van der Waals surface area (Å²) in [4.78, 5) is 11.3. The van der Waals surface area contributed by atoms with Gasteiger partial charge in [0.15, 0.2) is 31.5 Å². The van der Waals surface area contributed by atoms with Gasteiger partial charge in [-0.1, -0.05) is 48.5 Å². The first-order valence-corrected chi connectivity index (χ1v) is 28.4. The number of hydrogen-bond acceptors (Lipinski definition) is 22. The van der Waals surface area contributed by atoms with Gasteiger partial charge in [0.1, 0.15) is 61.0 Å². The molecule has 5 fully saturated rings. The predicted octanol–water partition coefficient (Wildman–Crippen LogP) is 4.04. The van der Waals surface area contributed by atoms with Crippen molar-refractivity contribution in [2.24, 2.45) is 17.8 Å². The number of ether oxygens (including phenoxy) is 21. The Kier molecular flexibility index (Phi) is 29.7. The number of nitrogens with one attached hydrogen (secondary N) is 1. The lowest BCUT2D eigenvalue weighted by molar-refractivity contribution is -0.384. The molecule has 5 heterocycles. The summed E-state index contributed by atoms with van der Waals surface area (Å²) in [6.07, 6.45) is -10.1. The van der Waals surface area contributed by atoms with Crippen LogP contribution in [0.25, 0.3) is 0 Å². The molecule has 5 aliphatic heterocycles. The molecule has 23 nitrogen and oxygen atoms in total. The molecular formula is C55H101NO22. The Bertz CT molecular complexity index is 1640. The Balaban J connectivity index is 1.16. The molecule has 23 heteroatoms. The normalized spacial score (nSPS) is 41.5. The van der Waals surface area contributed by atoms with Crippen molar-refractivity contribution in [1.82, 2.24) is 5.32 Å². The summed E-state index contributed by atoms with van der Waals surface area (Å²) in [5, 5.41) is 2.77. The third kappa shape index (κ3) is 16.9. The Morgan fingerprint density at radius 1 is 0.359 bits per heavy atom. The van der Waals surface area contributed by atoms with E-state index in [-0.39, 0.29) is 42.0 Å². The third-order valence-corrected chi connectivity index (χ3v) is 16.1. The highest BCUT2D eigenvalue weighted by Gasteiger charge is 2.56. The Labute approximate surface area is 465 Å². The number of hydrogen-bond donors (Lipinski definition) is 1. The molecule has 5 rings (SSSR count). The molecule has 78 heavy (non-hydrogen) atoms. The van der Waals surface area contributed by atoms with Crippen molar-refractivity contribution in [3.8, 4) is 0 Å². The maximum absolute atomic E-state index is 11.3. The summed E-state index contributed by atoms with van der Waals surface area (Å²) >= 11 is 0. The van der Waals surface area contributed by atoms with Gasteiger partial charge in [-0.05, 0) is 39.0 Å². The fraction of sp³-hybridized carbons (Fsp3) is 0.982. The van der Waals surface area contributed by atoms with E-state index in [2.05, 4.69) is 26.1 Å². The van der Waals surface area contributed by atoms with Gasteiger partial charge in [0.25, 0.3) is 0 Å². The molecule has 5 saturated heterocycles. The van der Waals surface area contributed by atoms with E-state index in [9.17, 15) is 4.79 Å². The highest BCUT2D eigenvalue weighted by molar-refractivity contribution is 5.75. The molecule has 0 aromatic carbocycles. The lowest BCUT2D eigenvalue weighted by Crippen LogP contribution is -2.66. The minimum Gasteiger partial charge on any atom is -0.378 e. The minimum absolute atomic E-state index is 0.00111. The van der Waals surface area contributed by atoms with E-state index in [0.29, 0.717) is 78.5 Å². The molecule has 0 unspecified atom stereocenters. The second-order valence-electron chi connectivity index (χ2n) is 20.8. The minimum atomic E-state index is -0.876. The van der Waals surface area contributed by atoms with E-state index in [0.717, 1.165) is 0 Å². The van der Waals surface area contributed by atoms with Crippen LogP contribution in [0.15, 0.2) is 0 Å². The van der Waals surface area contributed by atoms with Gasteiger partial charge in [0.05, 0.1) is 89.0 Å². The van der Waals surface area contributed by atoms with Crippen LogP contribution in [0.1, 0.15) is 88.0 Å². The summed E-state index contributed by atoms with van der Waals surface area (Å²) in [5.74, 6) is -0.328. The fourth-order valence-corrected chi connectivity index (χ4v) is 11.5. The number of carbonyl (C=O) groups excluding carboxylic acids is 1. The first-order chi connectivity index (χ1) is 37.7. The van der Waals surface area contributed by atoms with Gasteiger partial charge in [0.2, 0.25) is 5.91 Å². The van der Waals surface area contributed by atoms with Gasteiger partial charge in [-0.2, -0.15) is 0 Å². The van der Waals surface area contributed by atoms with Gasteiger partial charge >= 0.3 is 0 Å². The Morgan fingerprint density at radius 3 is 1.22 bits per heavy atom. The second-order valence-corrected chi connectivity index (χ2v) is 20.8. The zero-order chi connectivity index (χ0) is 57.1. The summed E-state index contributed by atoms with van der Waals surface area (Å²) in [6.45, 7) is 21.2. The highest BCUT2D eigenvalue weighted by Crippen LogP contribution is 2.42. The summed E-state index contributed by atoms with van der Waals surface area (Å²) in [6, 6.07) is 0. The van der Waals surface area contributed by atoms with Crippen LogP contribution >= 0.6 is 0 Å². The largest absolute Gasteiger partial charge is 0.378 e. The van der Waals surface area contributed by atoms with Crippen LogP contribution in [-0.4, -0.2) is 251 Å². The quantitative estimate of drug-likeness (QED) is 0.0916. The van der Waals surface area contributed by atoms with E-state index < -0.39 is 117 Å². The van der Waals surface area contributed by atoms with Crippen molar-refractivity contribution >= 4 is 5.91 Å². The van der Waals surface area contributed by atoms with Crippen molar-refractivity contribution in [1.29, 1.82) is 0 Å². The van der Waals surface area contributed by atoms with Gasteiger partial charge in [0, 0.05) is 81.7 Å². The van der Waals surface area contributed by atoms with Crippen LogP contribution in [0.2, 0.25) is 0 Å². The van der Waals surface area contributed by atoms with Crippen LogP contribution in [-0.2, 0) is 104 Å². The summed E-state index contributed by atoms with van der Waals surface area (Å²) in [7, 11) is 13.0. The zero-order valence-electron chi connectivity index (χ0n) is 49.9. The van der Waals surface area contributed by atoms with E-state index in [1.165, 1.54) is 0 Å². The number of carbonyl (C=O) groups is 1. The monoisotopic (exact) mass is 1130 g/mol. The molecule has 0 saturated carbocycles. The topological polar surface area (TPSA) is 223 Å². The molecule has 0 radical (unpaired) electrons. The van der Waals surface area contributed by atoms with Crippen LogP contribution < -0.4 is 5.32 Å². The SMILES string of the molecule is CCC(=O)NCCOCCOCCOCCO[C@H]1[C@H](OC)[C@@H](OC)[C@@H](O[C@H]2[C@H](OC)[C@@H](OC)[C@H](O[C@H]3[C@H](C)[C@@H](C)[C@@H](O[C@H]4[C@H](OC)[C@@H](OC)[C@H](O[C@H]5[C@H](OC)[C@@H](C)[C@@H](OC)O[C@@H]5CC)O[C@H]4C)O[C@@H]3CC)O[C@@H]2C)O[C@@H]1CC. The molecule has 0 bridgehead atoms. The van der Waals surface area contributed by atoms with Crippen molar-refractivity contribution in [2.45, 2.75) is 223 Å². The van der Waals surface area contributed by atoms with E-state index in [1.807, 2.05) is 41.5 Å². The maximum Gasteiger partial charge on any atom is 0.219 e. The van der Waals surface area contributed by atoms with E-state index in [4.69, 9.17) is 99.5 Å². The molecule has 0 aliphatic carbocycles. The molecule has 1 amide bonds. The van der Waals surface area contributed by atoms with Gasteiger partial charge < -0.3 is 105 Å². The predicted molar refractivity (Wildman–Crippen MR) is 281 cm³/mol. The van der Waals surface area contributed by atoms with Gasteiger partial charge in [-0.15, -0.1) is 0 Å². The molecular weight excluding hydrogens is 1030 g/mol. The van der Waals surface area contributed by atoms with Crippen LogP contribution in [0, 0.1) is 17.8 Å². The van der Waals surface area contributed by atoms with E-state index in [1.54, 1.807) is 56.9 Å². The van der Waals surface area contributed by atoms with Crippen LogP contribution in [0.3, 0.4) is 0 Å². The van der Waals surface area contributed by atoms with Crippen molar-refractivity contribution in [3.63, 3.8) is 0 Å². The number of methoxy groups -OCH3 is 8.